The van der Waals surface area contributed by atoms with Crippen molar-refractivity contribution in [3.8, 4) is 0 Å². The molecule has 0 aromatic carbocycles. The molecule has 0 aliphatic carbocycles. The first-order valence-corrected chi connectivity index (χ1v) is 7.26. The van der Waals surface area contributed by atoms with Gasteiger partial charge in [0.2, 0.25) is 0 Å². The number of rotatable bonds is 4. The molecule has 0 spiro atoms. The van der Waals surface area contributed by atoms with Crippen molar-refractivity contribution in [1.82, 2.24) is 4.57 Å². The molecule has 1 rings (SSSR count). The minimum Gasteiger partial charge on any atom is -0.465 e. The van der Waals surface area contributed by atoms with Crippen LogP contribution in [0.2, 0.25) is 0 Å². The molecular weight excluding hydrogens is 370 g/mol. The molecule has 1 heterocycles. The van der Waals surface area contributed by atoms with E-state index in [-0.39, 0.29) is 0 Å². The third-order valence-corrected chi connectivity index (χ3v) is 3.74. The molecule has 0 aliphatic heterocycles. The summed E-state index contributed by atoms with van der Waals surface area (Å²) >= 11 is 6.60. The van der Waals surface area contributed by atoms with E-state index in [0.717, 1.165) is 0 Å². The SMILES string of the molecule is COC(=O)c1c(CBr)c(C(=O)OC)n(C)c1CBr. The summed E-state index contributed by atoms with van der Waals surface area (Å²) in [6, 6.07) is 0. The van der Waals surface area contributed by atoms with Gasteiger partial charge in [-0.1, -0.05) is 31.9 Å². The highest BCUT2D eigenvalue weighted by Crippen LogP contribution is 2.27. The largest absolute Gasteiger partial charge is 0.465 e. The Hall–Kier alpha value is -0.820. The van der Waals surface area contributed by atoms with Crippen molar-refractivity contribution in [2.24, 2.45) is 7.05 Å². The Morgan fingerprint density at radius 2 is 1.67 bits per heavy atom. The fourth-order valence-corrected chi connectivity index (χ4v) is 2.99. The third kappa shape index (κ3) is 2.47. The van der Waals surface area contributed by atoms with Crippen molar-refractivity contribution >= 4 is 43.8 Å². The van der Waals surface area contributed by atoms with E-state index in [2.05, 4.69) is 31.9 Å². The maximum Gasteiger partial charge on any atom is 0.355 e. The molecule has 0 saturated carbocycles. The lowest BCUT2D eigenvalue weighted by Gasteiger charge is -2.04. The predicted molar refractivity (Wildman–Crippen MR) is 73.4 cm³/mol. The number of halogens is 2. The fraction of sp³-hybridized carbons (Fsp3) is 0.455. The maximum absolute atomic E-state index is 11.8. The summed E-state index contributed by atoms with van der Waals surface area (Å²) in [6.45, 7) is 0. The third-order valence-electron chi connectivity index (χ3n) is 2.64. The molecular formula is C11H13Br2NO4. The van der Waals surface area contributed by atoms with Crippen LogP contribution in [0.4, 0.5) is 0 Å². The summed E-state index contributed by atoms with van der Waals surface area (Å²) in [6.07, 6.45) is 0. The summed E-state index contributed by atoms with van der Waals surface area (Å²) in [7, 11) is 4.32. The topological polar surface area (TPSA) is 57.5 Å². The quantitative estimate of drug-likeness (QED) is 0.592. The van der Waals surface area contributed by atoms with Gasteiger partial charge in [-0.15, -0.1) is 0 Å². The normalized spacial score (nSPS) is 10.3. The van der Waals surface area contributed by atoms with Gasteiger partial charge in [0.05, 0.1) is 19.8 Å². The Balaban J connectivity index is 3.59. The minimum atomic E-state index is -0.482. The van der Waals surface area contributed by atoms with E-state index in [1.165, 1.54) is 14.2 Å². The zero-order valence-corrected chi connectivity index (χ0v) is 13.4. The van der Waals surface area contributed by atoms with Gasteiger partial charge in [0, 0.05) is 29.0 Å². The highest BCUT2D eigenvalue weighted by atomic mass is 79.9. The van der Waals surface area contributed by atoms with E-state index in [9.17, 15) is 9.59 Å². The van der Waals surface area contributed by atoms with Crippen LogP contribution in [0, 0.1) is 0 Å². The number of aromatic nitrogens is 1. The Labute approximate surface area is 122 Å². The number of hydrogen-bond donors (Lipinski definition) is 0. The van der Waals surface area contributed by atoms with Gasteiger partial charge in [-0.2, -0.15) is 0 Å². The lowest BCUT2D eigenvalue weighted by Crippen LogP contribution is -2.10. The van der Waals surface area contributed by atoms with Crippen LogP contribution in [-0.2, 0) is 27.2 Å². The van der Waals surface area contributed by atoms with Crippen LogP contribution >= 0.6 is 31.9 Å². The van der Waals surface area contributed by atoms with E-state index in [1.807, 2.05) is 0 Å². The monoisotopic (exact) mass is 381 g/mol. The maximum atomic E-state index is 11.8. The molecule has 7 heteroatoms. The Bertz CT molecular complexity index is 482. The number of methoxy groups -OCH3 is 2. The van der Waals surface area contributed by atoms with Crippen molar-refractivity contribution in [2.75, 3.05) is 14.2 Å². The number of esters is 2. The highest BCUT2D eigenvalue weighted by Gasteiger charge is 2.28. The molecule has 0 fully saturated rings. The van der Waals surface area contributed by atoms with E-state index in [0.29, 0.717) is 33.2 Å². The summed E-state index contributed by atoms with van der Waals surface area (Å²) in [5.41, 5.74) is 2.00. The van der Waals surface area contributed by atoms with Crippen LogP contribution in [0.15, 0.2) is 0 Å². The molecule has 18 heavy (non-hydrogen) atoms. The number of carbonyl (C=O) groups is 2. The van der Waals surface area contributed by atoms with Crippen molar-refractivity contribution in [3.63, 3.8) is 0 Å². The number of ether oxygens (including phenoxy) is 2. The lowest BCUT2D eigenvalue weighted by molar-refractivity contribution is 0.0587. The van der Waals surface area contributed by atoms with Gasteiger partial charge >= 0.3 is 11.9 Å². The molecule has 0 amide bonds. The first-order valence-electron chi connectivity index (χ1n) is 5.02. The van der Waals surface area contributed by atoms with Gasteiger partial charge in [0.25, 0.3) is 0 Å². The molecule has 0 radical (unpaired) electrons. The number of alkyl halides is 2. The zero-order chi connectivity index (χ0) is 13.9. The Morgan fingerprint density at radius 3 is 2.06 bits per heavy atom. The van der Waals surface area contributed by atoms with Crippen molar-refractivity contribution < 1.29 is 19.1 Å². The van der Waals surface area contributed by atoms with Crippen LogP contribution in [0.1, 0.15) is 32.1 Å². The predicted octanol–water partition coefficient (Wildman–Crippen LogP) is 2.39. The smallest absolute Gasteiger partial charge is 0.355 e. The molecule has 1 aromatic rings. The highest BCUT2D eigenvalue weighted by molar-refractivity contribution is 9.08. The number of hydrogen-bond acceptors (Lipinski definition) is 4. The first kappa shape index (κ1) is 15.2. The first-order chi connectivity index (χ1) is 8.53. The van der Waals surface area contributed by atoms with Crippen LogP contribution < -0.4 is 0 Å². The van der Waals surface area contributed by atoms with E-state index in [1.54, 1.807) is 11.6 Å². The molecule has 0 aliphatic rings. The fourth-order valence-electron chi connectivity index (χ4n) is 1.78. The molecule has 0 unspecified atom stereocenters. The Kier molecular flexibility index (Phi) is 5.40. The van der Waals surface area contributed by atoms with Crippen LogP contribution in [0.3, 0.4) is 0 Å². The van der Waals surface area contributed by atoms with Gasteiger partial charge in [0.1, 0.15) is 5.69 Å². The molecule has 5 nitrogen and oxygen atoms in total. The summed E-state index contributed by atoms with van der Waals surface area (Å²) in [4.78, 5) is 23.6. The summed E-state index contributed by atoms with van der Waals surface area (Å²) in [5, 5.41) is 0.799. The lowest BCUT2D eigenvalue weighted by atomic mass is 10.1. The van der Waals surface area contributed by atoms with Gasteiger partial charge in [-0.05, 0) is 0 Å². The molecule has 0 bridgehead atoms. The van der Waals surface area contributed by atoms with E-state index < -0.39 is 11.9 Å². The van der Waals surface area contributed by atoms with Crippen LogP contribution in [0.5, 0.6) is 0 Å². The van der Waals surface area contributed by atoms with Crippen molar-refractivity contribution in [2.45, 2.75) is 10.7 Å². The molecule has 100 valence electrons. The Morgan fingerprint density at radius 1 is 1.11 bits per heavy atom. The average Bonchev–Trinajstić information content (AvgIpc) is 2.68. The molecule has 1 aromatic heterocycles. The second kappa shape index (κ2) is 6.38. The second-order valence-corrected chi connectivity index (χ2v) is 4.58. The summed E-state index contributed by atoms with van der Waals surface area (Å²) < 4.78 is 11.1. The van der Waals surface area contributed by atoms with Crippen molar-refractivity contribution in [3.05, 3.63) is 22.5 Å². The van der Waals surface area contributed by atoms with Crippen molar-refractivity contribution in [1.29, 1.82) is 0 Å². The average molecular weight is 383 g/mol. The summed E-state index contributed by atoms with van der Waals surface area (Å²) in [5.74, 6) is -0.950. The zero-order valence-electron chi connectivity index (χ0n) is 10.3. The van der Waals surface area contributed by atoms with E-state index in [4.69, 9.17) is 9.47 Å². The molecule has 0 saturated heterocycles. The number of nitrogens with zero attached hydrogens (tertiary/aromatic N) is 1. The minimum absolute atomic E-state index is 0.351. The standard InChI is InChI=1S/C11H13Br2NO4/c1-14-7(5-13)8(10(15)17-2)6(4-12)9(14)11(16)18-3/h4-5H2,1-3H3. The van der Waals surface area contributed by atoms with E-state index >= 15 is 0 Å². The van der Waals surface area contributed by atoms with Crippen LogP contribution in [-0.4, -0.2) is 30.7 Å². The van der Waals surface area contributed by atoms with Crippen LogP contribution in [0.25, 0.3) is 0 Å². The molecule has 0 N–H and O–H groups in total. The second-order valence-electron chi connectivity index (χ2n) is 3.46. The van der Waals surface area contributed by atoms with Gasteiger partial charge < -0.3 is 14.0 Å². The van der Waals surface area contributed by atoms with Gasteiger partial charge in [0.15, 0.2) is 0 Å². The number of carbonyl (C=O) groups excluding carboxylic acids is 2. The molecule has 0 atom stereocenters. The van der Waals surface area contributed by atoms with Gasteiger partial charge in [-0.3, -0.25) is 0 Å². The van der Waals surface area contributed by atoms with Gasteiger partial charge in [-0.25, -0.2) is 9.59 Å².